The van der Waals surface area contributed by atoms with Crippen molar-refractivity contribution >= 4 is 38.4 Å². The van der Waals surface area contributed by atoms with E-state index < -0.39 is 11.7 Å². The second-order valence-electron chi connectivity index (χ2n) is 9.32. The number of fused-ring (bicyclic) bond motifs is 2. The number of hydrogen-bond acceptors (Lipinski definition) is 6. The summed E-state index contributed by atoms with van der Waals surface area (Å²) in [6, 6.07) is 11.2. The Kier molecular flexibility index (Phi) is 6.77. The Labute approximate surface area is 211 Å². The number of carbonyl (C=O) groups excluding carboxylic acids is 1. The average Bonchev–Trinajstić information content (AvgIpc) is 3.18. The lowest BCUT2D eigenvalue weighted by molar-refractivity contribution is 0.0869. The summed E-state index contributed by atoms with van der Waals surface area (Å²) in [6.45, 7) is 6.55. The maximum absolute atomic E-state index is 13.5. The van der Waals surface area contributed by atoms with E-state index in [2.05, 4.69) is 36.2 Å². The Hall–Kier alpha value is -3.30. The Balaban J connectivity index is 1.23. The Morgan fingerprint density at radius 2 is 1.94 bits per heavy atom. The number of piperidine rings is 1. The standard InChI is InChI=1S/C27H28FN3O4S/c1-3-10-31-21-7-4-17(13-25(21)36-27(31)34)16(2)30-11-8-19(9-12-30)29-26(33)24-15-22(32)20-6-5-18(28)14-23(20)35-24/h4-7,13-16,19H,3,8-12H2,1-2H3,(H,29,33). The fraction of sp³-hybridized carbons (Fsp3) is 0.370. The number of carbonyl (C=O) groups is 1. The van der Waals surface area contributed by atoms with Crippen LogP contribution >= 0.6 is 11.3 Å². The van der Waals surface area contributed by atoms with Crippen molar-refractivity contribution in [2.45, 2.75) is 51.7 Å². The second kappa shape index (κ2) is 9.99. The molecule has 7 nitrogen and oxygen atoms in total. The molecule has 2 aromatic heterocycles. The third kappa shape index (κ3) is 4.73. The van der Waals surface area contributed by atoms with Gasteiger partial charge in [0.25, 0.3) is 5.91 Å². The molecule has 188 valence electrons. The molecule has 1 amide bonds. The molecule has 1 aliphatic rings. The van der Waals surface area contributed by atoms with E-state index in [4.69, 9.17) is 4.42 Å². The lowest BCUT2D eigenvalue weighted by Gasteiger charge is -2.36. The van der Waals surface area contributed by atoms with E-state index in [1.165, 1.54) is 29.0 Å². The first-order valence-corrected chi connectivity index (χ1v) is 13.1. The zero-order chi connectivity index (χ0) is 25.4. The summed E-state index contributed by atoms with van der Waals surface area (Å²) in [6.07, 6.45) is 2.43. The van der Waals surface area contributed by atoms with Gasteiger partial charge in [-0.25, -0.2) is 4.39 Å². The molecular weight excluding hydrogens is 481 g/mol. The van der Waals surface area contributed by atoms with E-state index in [0.717, 1.165) is 61.2 Å². The van der Waals surface area contributed by atoms with E-state index in [0.29, 0.717) is 0 Å². The number of aryl methyl sites for hydroxylation is 1. The minimum Gasteiger partial charge on any atom is -0.451 e. The van der Waals surface area contributed by atoms with Crippen molar-refractivity contribution in [3.8, 4) is 0 Å². The number of benzene rings is 2. The van der Waals surface area contributed by atoms with Gasteiger partial charge in [-0.3, -0.25) is 23.9 Å². The third-order valence-corrected chi connectivity index (χ3v) is 7.89. The number of nitrogens with one attached hydrogen (secondary N) is 1. The molecule has 1 aliphatic heterocycles. The normalized spacial score (nSPS) is 16.0. The van der Waals surface area contributed by atoms with E-state index in [1.807, 2.05) is 10.6 Å². The number of likely N-dealkylation sites (tertiary alicyclic amines) is 1. The molecule has 0 radical (unpaired) electrons. The summed E-state index contributed by atoms with van der Waals surface area (Å²) in [5.41, 5.74) is 1.84. The van der Waals surface area contributed by atoms with Gasteiger partial charge in [-0.2, -0.15) is 0 Å². The lowest BCUT2D eigenvalue weighted by atomic mass is 10.00. The Bertz CT molecular complexity index is 1550. The van der Waals surface area contributed by atoms with Crippen molar-refractivity contribution in [3.63, 3.8) is 0 Å². The summed E-state index contributed by atoms with van der Waals surface area (Å²) in [4.78, 5) is 39.8. The van der Waals surface area contributed by atoms with Crippen molar-refractivity contribution in [3.05, 3.63) is 79.5 Å². The van der Waals surface area contributed by atoms with Gasteiger partial charge in [-0.15, -0.1) is 0 Å². The van der Waals surface area contributed by atoms with E-state index >= 15 is 0 Å². The van der Waals surface area contributed by atoms with E-state index in [-0.39, 0.29) is 39.1 Å². The van der Waals surface area contributed by atoms with Crippen LogP contribution in [0.4, 0.5) is 4.39 Å². The molecule has 0 aliphatic carbocycles. The zero-order valence-corrected chi connectivity index (χ0v) is 21.1. The summed E-state index contributed by atoms with van der Waals surface area (Å²) in [5, 5.41) is 3.20. The first-order chi connectivity index (χ1) is 17.3. The van der Waals surface area contributed by atoms with Crippen LogP contribution in [0, 0.1) is 5.82 Å². The minimum absolute atomic E-state index is 0.0507. The molecule has 3 heterocycles. The Morgan fingerprint density at radius 3 is 2.69 bits per heavy atom. The molecule has 1 atom stereocenters. The van der Waals surface area contributed by atoms with Crippen molar-refractivity contribution < 1.29 is 13.6 Å². The van der Waals surface area contributed by atoms with Crippen LogP contribution in [0.15, 0.2) is 56.5 Å². The second-order valence-corrected chi connectivity index (χ2v) is 10.3. The van der Waals surface area contributed by atoms with Crippen LogP contribution in [-0.2, 0) is 6.54 Å². The lowest BCUT2D eigenvalue weighted by Crippen LogP contribution is -2.45. The fourth-order valence-electron chi connectivity index (χ4n) is 4.92. The number of thiazole rings is 1. The molecule has 4 aromatic rings. The van der Waals surface area contributed by atoms with Gasteiger partial charge in [-0.1, -0.05) is 24.3 Å². The molecule has 0 saturated carbocycles. The monoisotopic (exact) mass is 509 g/mol. The summed E-state index contributed by atoms with van der Waals surface area (Å²) >= 11 is 1.29. The van der Waals surface area contributed by atoms with Gasteiger partial charge in [0.05, 0.1) is 15.6 Å². The van der Waals surface area contributed by atoms with Crippen LogP contribution in [0.3, 0.4) is 0 Å². The van der Waals surface area contributed by atoms with Gasteiger partial charge in [0.15, 0.2) is 11.2 Å². The number of amides is 1. The first-order valence-electron chi connectivity index (χ1n) is 12.3. The van der Waals surface area contributed by atoms with Gasteiger partial charge in [-0.05, 0) is 56.0 Å². The van der Waals surface area contributed by atoms with E-state index in [9.17, 15) is 18.8 Å². The van der Waals surface area contributed by atoms with Gasteiger partial charge in [0.1, 0.15) is 11.4 Å². The first kappa shape index (κ1) is 24.4. The highest BCUT2D eigenvalue weighted by Gasteiger charge is 2.26. The van der Waals surface area contributed by atoms with Crippen LogP contribution in [-0.4, -0.2) is 34.5 Å². The quantitative estimate of drug-likeness (QED) is 0.408. The molecule has 9 heteroatoms. The fourth-order valence-corrected chi connectivity index (χ4v) is 5.88. The van der Waals surface area contributed by atoms with Crippen LogP contribution in [0.25, 0.3) is 21.2 Å². The SMILES string of the molecule is CCCn1c(=O)sc2cc(C(C)N3CCC(NC(=O)c4cc(=O)c5ccc(F)cc5o4)CC3)ccc21. The molecule has 1 unspecified atom stereocenters. The number of nitrogens with zero attached hydrogens (tertiary/aromatic N) is 2. The third-order valence-electron chi connectivity index (χ3n) is 6.95. The molecular formula is C27H28FN3O4S. The molecule has 1 fully saturated rings. The molecule has 0 spiro atoms. The number of halogens is 1. The number of hydrogen-bond donors (Lipinski definition) is 1. The molecule has 1 saturated heterocycles. The summed E-state index contributed by atoms with van der Waals surface area (Å²) in [7, 11) is 0. The number of rotatable bonds is 6. The largest absolute Gasteiger partial charge is 0.451 e. The van der Waals surface area contributed by atoms with E-state index in [1.54, 1.807) is 0 Å². The van der Waals surface area contributed by atoms with Gasteiger partial charge in [0, 0.05) is 43.9 Å². The topological polar surface area (TPSA) is 84.5 Å². The van der Waals surface area contributed by atoms with Crippen LogP contribution in [0.1, 0.15) is 55.3 Å². The predicted octanol–water partition coefficient (Wildman–Crippen LogP) is 4.67. The summed E-state index contributed by atoms with van der Waals surface area (Å²) in [5.74, 6) is -1.12. The van der Waals surface area contributed by atoms with Gasteiger partial charge < -0.3 is 9.73 Å². The zero-order valence-electron chi connectivity index (χ0n) is 20.3. The van der Waals surface area contributed by atoms with Crippen molar-refractivity contribution in [1.29, 1.82) is 0 Å². The molecule has 0 bridgehead atoms. The highest BCUT2D eigenvalue weighted by molar-refractivity contribution is 7.16. The summed E-state index contributed by atoms with van der Waals surface area (Å²) < 4.78 is 21.9. The molecule has 1 N–H and O–H groups in total. The molecule has 36 heavy (non-hydrogen) atoms. The molecule has 5 rings (SSSR count). The van der Waals surface area contributed by atoms with Gasteiger partial charge in [0.2, 0.25) is 0 Å². The predicted molar refractivity (Wildman–Crippen MR) is 139 cm³/mol. The van der Waals surface area contributed by atoms with Crippen LogP contribution < -0.4 is 15.6 Å². The molecule has 2 aromatic carbocycles. The maximum Gasteiger partial charge on any atom is 0.308 e. The van der Waals surface area contributed by atoms with Crippen molar-refractivity contribution in [2.75, 3.05) is 13.1 Å². The van der Waals surface area contributed by atoms with Crippen LogP contribution in [0.2, 0.25) is 0 Å². The maximum atomic E-state index is 13.5. The van der Waals surface area contributed by atoms with Crippen molar-refractivity contribution in [1.82, 2.24) is 14.8 Å². The van der Waals surface area contributed by atoms with Crippen LogP contribution in [0.5, 0.6) is 0 Å². The minimum atomic E-state index is -0.531. The van der Waals surface area contributed by atoms with Gasteiger partial charge >= 0.3 is 4.87 Å². The smallest absolute Gasteiger partial charge is 0.308 e. The average molecular weight is 510 g/mol. The van der Waals surface area contributed by atoms with Crippen molar-refractivity contribution in [2.24, 2.45) is 0 Å². The number of aromatic nitrogens is 1. The Morgan fingerprint density at radius 1 is 1.17 bits per heavy atom. The highest BCUT2D eigenvalue weighted by Crippen LogP contribution is 2.28. The highest BCUT2D eigenvalue weighted by atomic mass is 32.1.